The van der Waals surface area contributed by atoms with Gasteiger partial charge >= 0.3 is 0 Å². The van der Waals surface area contributed by atoms with Crippen LogP contribution in [0.4, 0.5) is 0 Å². The topological polar surface area (TPSA) is 70.6 Å². The molecule has 4 heteroatoms. The van der Waals surface area contributed by atoms with Crippen LogP contribution < -0.4 is 11.1 Å². The molecule has 0 atom stereocenters. The standard InChI is InChI=1S/C9H19N3O/c1-7(2)11-6-9(3-4-9)5-8(10)12-13/h7,11,13H,3-6H2,1-2H3,(H2,10,12). The first-order valence-corrected chi connectivity index (χ1v) is 4.78. The van der Waals surface area contributed by atoms with Crippen molar-refractivity contribution in [2.75, 3.05) is 6.54 Å². The summed E-state index contributed by atoms with van der Waals surface area (Å²) in [6.07, 6.45) is 3.08. The summed E-state index contributed by atoms with van der Waals surface area (Å²) in [6, 6.07) is 0.504. The Morgan fingerprint density at radius 3 is 2.62 bits per heavy atom. The average Bonchev–Trinajstić information content (AvgIpc) is 2.82. The van der Waals surface area contributed by atoms with Gasteiger partial charge in [-0.1, -0.05) is 19.0 Å². The van der Waals surface area contributed by atoms with Crippen molar-refractivity contribution < 1.29 is 5.21 Å². The minimum Gasteiger partial charge on any atom is -0.409 e. The van der Waals surface area contributed by atoms with E-state index in [2.05, 4.69) is 24.3 Å². The molecule has 0 aromatic rings. The Morgan fingerprint density at radius 2 is 2.23 bits per heavy atom. The summed E-state index contributed by atoms with van der Waals surface area (Å²) in [4.78, 5) is 0. The van der Waals surface area contributed by atoms with Gasteiger partial charge in [0, 0.05) is 19.0 Å². The molecule has 0 aliphatic heterocycles. The highest BCUT2D eigenvalue weighted by Crippen LogP contribution is 2.48. The largest absolute Gasteiger partial charge is 0.409 e. The lowest BCUT2D eigenvalue weighted by Crippen LogP contribution is -2.32. The van der Waals surface area contributed by atoms with E-state index < -0.39 is 0 Å². The second kappa shape index (κ2) is 3.96. The van der Waals surface area contributed by atoms with Crippen LogP contribution in [0.25, 0.3) is 0 Å². The minimum absolute atomic E-state index is 0.278. The molecule has 0 aromatic carbocycles. The van der Waals surface area contributed by atoms with Crippen LogP contribution in [0, 0.1) is 5.41 Å². The van der Waals surface area contributed by atoms with Gasteiger partial charge in [0.1, 0.15) is 5.84 Å². The number of nitrogens with one attached hydrogen (secondary N) is 1. The molecule has 1 aliphatic rings. The fourth-order valence-electron chi connectivity index (χ4n) is 1.43. The maximum Gasteiger partial charge on any atom is 0.139 e. The van der Waals surface area contributed by atoms with Gasteiger partial charge in [-0.3, -0.25) is 0 Å². The van der Waals surface area contributed by atoms with Gasteiger partial charge in [-0.05, 0) is 18.3 Å². The molecular formula is C9H19N3O. The second-order valence-corrected chi connectivity index (χ2v) is 4.30. The first kappa shape index (κ1) is 10.3. The van der Waals surface area contributed by atoms with Crippen molar-refractivity contribution in [2.45, 2.75) is 39.2 Å². The van der Waals surface area contributed by atoms with Gasteiger partial charge in [-0.15, -0.1) is 0 Å². The third-order valence-electron chi connectivity index (χ3n) is 2.53. The Balaban J connectivity index is 2.31. The van der Waals surface area contributed by atoms with E-state index in [4.69, 9.17) is 10.9 Å². The number of rotatable bonds is 5. The Kier molecular flexibility index (Phi) is 3.14. The SMILES string of the molecule is CC(C)NCC1(CC(N)=NO)CC1. The Bertz CT molecular complexity index is 197. The Hall–Kier alpha value is -0.770. The summed E-state index contributed by atoms with van der Waals surface area (Å²) in [5, 5.41) is 14.8. The van der Waals surface area contributed by atoms with Gasteiger partial charge in [0.15, 0.2) is 0 Å². The Morgan fingerprint density at radius 1 is 1.62 bits per heavy atom. The fraction of sp³-hybridized carbons (Fsp3) is 0.889. The molecule has 0 bridgehead atoms. The molecule has 1 aliphatic carbocycles. The summed E-state index contributed by atoms with van der Waals surface area (Å²) >= 11 is 0. The molecule has 13 heavy (non-hydrogen) atoms. The lowest BCUT2D eigenvalue weighted by Gasteiger charge is -2.16. The fourth-order valence-corrected chi connectivity index (χ4v) is 1.43. The number of hydrogen-bond donors (Lipinski definition) is 3. The van der Waals surface area contributed by atoms with E-state index in [1.54, 1.807) is 0 Å². The predicted molar refractivity (Wildman–Crippen MR) is 52.8 cm³/mol. The molecule has 4 N–H and O–H groups in total. The van der Waals surface area contributed by atoms with E-state index in [0.717, 1.165) is 6.54 Å². The summed E-state index contributed by atoms with van der Waals surface area (Å²) in [5.74, 6) is 0.350. The minimum atomic E-state index is 0.278. The lowest BCUT2D eigenvalue weighted by molar-refractivity contribution is 0.314. The van der Waals surface area contributed by atoms with Gasteiger partial charge in [0.2, 0.25) is 0 Å². The van der Waals surface area contributed by atoms with Crippen molar-refractivity contribution >= 4 is 5.84 Å². The maximum atomic E-state index is 8.45. The number of oxime groups is 1. The highest BCUT2D eigenvalue weighted by Gasteiger charge is 2.42. The second-order valence-electron chi connectivity index (χ2n) is 4.30. The van der Waals surface area contributed by atoms with Crippen molar-refractivity contribution in [1.29, 1.82) is 0 Å². The zero-order valence-electron chi connectivity index (χ0n) is 8.38. The van der Waals surface area contributed by atoms with Crippen LogP contribution in [-0.2, 0) is 0 Å². The molecule has 0 radical (unpaired) electrons. The van der Waals surface area contributed by atoms with Crippen LogP contribution in [0.15, 0.2) is 5.16 Å². The van der Waals surface area contributed by atoms with Gasteiger partial charge in [-0.25, -0.2) is 0 Å². The number of nitrogens with zero attached hydrogens (tertiary/aromatic N) is 1. The molecule has 0 heterocycles. The van der Waals surface area contributed by atoms with E-state index in [1.165, 1.54) is 12.8 Å². The van der Waals surface area contributed by atoms with E-state index in [9.17, 15) is 0 Å². The van der Waals surface area contributed by atoms with Crippen molar-refractivity contribution in [3.8, 4) is 0 Å². The van der Waals surface area contributed by atoms with Crippen molar-refractivity contribution in [3.05, 3.63) is 0 Å². The van der Waals surface area contributed by atoms with Gasteiger partial charge in [-0.2, -0.15) is 0 Å². The number of nitrogens with two attached hydrogens (primary N) is 1. The Labute approximate surface area is 79.2 Å². The van der Waals surface area contributed by atoms with E-state index in [1.807, 2.05) is 0 Å². The summed E-state index contributed by atoms with van der Waals surface area (Å²) in [5.41, 5.74) is 5.76. The van der Waals surface area contributed by atoms with Crippen molar-refractivity contribution in [1.82, 2.24) is 5.32 Å². The molecule has 76 valence electrons. The van der Waals surface area contributed by atoms with Crippen molar-refractivity contribution in [3.63, 3.8) is 0 Å². The molecule has 4 nitrogen and oxygen atoms in total. The molecule has 0 saturated heterocycles. The molecule has 0 aromatic heterocycles. The van der Waals surface area contributed by atoms with E-state index in [0.29, 0.717) is 18.3 Å². The quantitative estimate of drug-likeness (QED) is 0.258. The highest BCUT2D eigenvalue weighted by molar-refractivity contribution is 5.80. The monoisotopic (exact) mass is 185 g/mol. The molecular weight excluding hydrogens is 166 g/mol. The molecule has 1 rings (SSSR count). The molecule has 0 unspecified atom stereocenters. The van der Waals surface area contributed by atoms with E-state index >= 15 is 0 Å². The van der Waals surface area contributed by atoms with E-state index in [-0.39, 0.29) is 5.41 Å². The van der Waals surface area contributed by atoms with Crippen LogP contribution >= 0.6 is 0 Å². The summed E-state index contributed by atoms with van der Waals surface area (Å²) in [7, 11) is 0. The maximum absolute atomic E-state index is 8.45. The molecule has 1 fully saturated rings. The van der Waals surface area contributed by atoms with Crippen molar-refractivity contribution in [2.24, 2.45) is 16.3 Å². The third-order valence-corrected chi connectivity index (χ3v) is 2.53. The summed E-state index contributed by atoms with van der Waals surface area (Å²) < 4.78 is 0. The van der Waals surface area contributed by atoms with Crippen LogP contribution in [0.5, 0.6) is 0 Å². The van der Waals surface area contributed by atoms with Crippen LogP contribution in [0.1, 0.15) is 33.1 Å². The van der Waals surface area contributed by atoms with Gasteiger partial charge < -0.3 is 16.3 Å². The first-order chi connectivity index (χ1) is 6.08. The van der Waals surface area contributed by atoms with Crippen LogP contribution in [0.2, 0.25) is 0 Å². The lowest BCUT2D eigenvalue weighted by atomic mass is 10.0. The molecule has 0 amide bonds. The molecule has 1 saturated carbocycles. The first-order valence-electron chi connectivity index (χ1n) is 4.78. The summed E-state index contributed by atoms with van der Waals surface area (Å²) in [6.45, 7) is 5.22. The van der Waals surface area contributed by atoms with Crippen LogP contribution in [-0.4, -0.2) is 23.6 Å². The molecule has 0 spiro atoms. The van der Waals surface area contributed by atoms with Crippen LogP contribution in [0.3, 0.4) is 0 Å². The number of amidine groups is 1. The predicted octanol–water partition coefficient (Wildman–Crippen LogP) is 0.901. The zero-order valence-corrected chi connectivity index (χ0v) is 8.38. The smallest absolute Gasteiger partial charge is 0.139 e. The zero-order chi connectivity index (χ0) is 9.90. The van der Waals surface area contributed by atoms with Gasteiger partial charge in [0.05, 0.1) is 0 Å². The highest BCUT2D eigenvalue weighted by atomic mass is 16.4. The number of hydrogen-bond acceptors (Lipinski definition) is 3. The average molecular weight is 185 g/mol. The van der Waals surface area contributed by atoms with Gasteiger partial charge in [0.25, 0.3) is 0 Å². The normalized spacial score (nSPS) is 20.7. The third kappa shape index (κ3) is 3.22.